The summed E-state index contributed by atoms with van der Waals surface area (Å²) in [6.45, 7) is 5.52. The Hall–Kier alpha value is -0.610. The van der Waals surface area contributed by atoms with E-state index in [1.807, 2.05) is 0 Å². The summed E-state index contributed by atoms with van der Waals surface area (Å²) in [5.74, 6) is -0.698. The standard InChI is InChI=1S/C12H22N2O2/c1-2-13(9-12(15)16)11-5-7-14-6-3-4-10(14)8-11/h10-11H,2-9H2,1H3,(H,15,16). The average molecular weight is 226 g/mol. The maximum absolute atomic E-state index is 10.8. The van der Waals surface area contributed by atoms with Gasteiger partial charge in [0.05, 0.1) is 6.54 Å². The molecule has 2 heterocycles. The fourth-order valence-corrected chi connectivity index (χ4v) is 3.21. The van der Waals surface area contributed by atoms with E-state index >= 15 is 0 Å². The van der Waals surface area contributed by atoms with Gasteiger partial charge in [0, 0.05) is 12.1 Å². The van der Waals surface area contributed by atoms with Crippen molar-refractivity contribution in [3.05, 3.63) is 0 Å². The molecule has 1 N–H and O–H groups in total. The van der Waals surface area contributed by atoms with Crippen molar-refractivity contribution < 1.29 is 9.90 Å². The van der Waals surface area contributed by atoms with E-state index in [2.05, 4.69) is 16.7 Å². The number of fused-ring (bicyclic) bond motifs is 1. The van der Waals surface area contributed by atoms with Crippen LogP contribution in [0.5, 0.6) is 0 Å². The number of carboxylic acids is 1. The molecule has 2 atom stereocenters. The Labute approximate surface area is 97.2 Å². The molecule has 2 aliphatic rings. The van der Waals surface area contributed by atoms with Crippen molar-refractivity contribution in [2.75, 3.05) is 26.2 Å². The minimum Gasteiger partial charge on any atom is -0.480 e. The van der Waals surface area contributed by atoms with E-state index in [1.165, 1.54) is 25.8 Å². The molecule has 92 valence electrons. The normalized spacial score (nSPS) is 30.6. The monoisotopic (exact) mass is 226 g/mol. The summed E-state index contributed by atoms with van der Waals surface area (Å²) in [6.07, 6.45) is 4.93. The molecule has 2 aliphatic heterocycles. The predicted octanol–water partition coefficient (Wildman–Crippen LogP) is 1.02. The number of aliphatic carboxylic acids is 1. The summed E-state index contributed by atoms with van der Waals surface area (Å²) in [5.41, 5.74) is 0. The molecule has 2 fully saturated rings. The SMILES string of the molecule is CCN(CC(=O)O)C1CCN2CCCC2C1. The van der Waals surface area contributed by atoms with Crippen LogP contribution in [0, 0.1) is 0 Å². The molecule has 2 saturated heterocycles. The highest BCUT2D eigenvalue weighted by Crippen LogP contribution is 2.29. The van der Waals surface area contributed by atoms with Gasteiger partial charge in [-0.05, 0) is 45.3 Å². The van der Waals surface area contributed by atoms with Gasteiger partial charge in [-0.3, -0.25) is 9.69 Å². The van der Waals surface area contributed by atoms with Crippen LogP contribution in [0.15, 0.2) is 0 Å². The highest BCUT2D eigenvalue weighted by molar-refractivity contribution is 5.69. The van der Waals surface area contributed by atoms with E-state index in [0.29, 0.717) is 6.04 Å². The van der Waals surface area contributed by atoms with Crippen LogP contribution in [0.2, 0.25) is 0 Å². The Kier molecular flexibility index (Phi) is 3.82. The highest BCUT2D eigenvalue weighted by Gasteiger charge is 2.34. The minimum atomic E-state index is -0.698. The van der Waals surface area contributed by atoms with Gasteiger partial charge in [0.25, 0.3) is 0 Å². The van der Waals surface area contributed by atoms with E-state index < -0.39 is 5.97 Å². The molecule has 0 spiro atoms. The van der Waals surface area contributed by atoms with Crippen LogP contribution >= 0.6 is 0 Å². The van der Waals surface area contributed by atoms with Gasteiger partial charge in [-0.25, -0.2) is 0 Å². The highest BCUT2D eigenvalue weighted by atomic mass is 16.4. The third kappa shape index (κ3) is 2.55. The first kappa shape index (κ1) is 11.9. The molecule has 0 bridgehead atoms. The van der Waals surface area contributed by atoms with Gasteiger partial charge in [-0.2, -0.15) is 0 Å². The van der Waals surface area contributed by atoms with Crippen molar-refractivity contribution in [3.8, 4) is 0 Å². The summed E-state index contributed by atoms with van der Waals surface area (Å²) in [7, 11) is 0. The molecule has 0 aromatic heterocycles. The second-order valence-corrected chi connectivity index (χ2v) is 4.97. The summed E-state index contributed by atoms with van der Waals surface area (Å²) in [4.78, 5) is 15.5. The number of hydrogen-bond acceptors (Lipinski definition) is 3. The lowest BCUT2D eigenvalue weighted by molar-refractivity contribution is -0.139. The van der Waals surface area contributed by atoms with E-state index in [0.717, 1.165) is 25.6 Å². The molecule has 16 heavy (non-hydrogen) atoms. The number of nitrogens with zero attached hydrogens (tertiary/aromatic N) is 2. The molecule has 0 radical (unpaired) electrons. The lowest BCUT2D eigenvalue weighted by Crippen LogP contribution is -2.48. The van der Waals surface area contributed by atoms with E-state index in [4.69, 9.17) is 5.11 Å². The van der Waals surface area contributed by atoms with Gasteiger partial charge in [0.15, 0.2) is 0 Å². The molecule has 0 saturated carbocycles. The molecule has 2 unspecified atom stereocenters. The van der Waals surface area contributed by atoms with Crippen LogP contribution in [0.1, 0.15) is 32.6 Å². The third-order valence-corrected chi connectivity index (χ3v) is 4.05. The molecular formula is C12H22N2O2. The Bertz CT molecular complexity index is 257. The smallest absolute Gasteiger partial charge is 0.317 e. The fourth-order valence-electron chi connectivity index (χ4n) is 3.21. The zero-order valence-electron chi connectivity index (χ0n) is 10.1. The maximum Gasteiger partial charge on any atom is 0.317 e. The zero-order valence-corrected chi connectivity index (χ0v) is 10.1. The summed E-state index contributed by atoms with van der Waals surface area (Å²) < 4.78 is 0. The van der Waals surface area contributed by atoms with Crippen molar-refractivity contribution in [2.24, 2.45) is 0 Å². The fraction of sp³-hybridized carbons (Fsp3) is 0.917. The molecule has 0 aromatic carbocycles. The lowest BCUT2D eigenvalue weighted by Gasteiger charge is -2.39. The molecule has 0 amide bonds. The Morgan fingerprint density at radius 3 is 2.94 bits per heavy atom. The second kappa shape index (κ2) is 5.15. The predicted molar refractivity (Wildman–Crippen MR) is 62.5 cm³/mol. The minimum absolute atomic E-state index is 0.202. The number of piperidine rings is 1. The number of rotatable bonds is 4. The van der Waals surface area contributed by atoms with Crippen LogP contribution in [0.4, 0.5) is 0 Å². The molecule has 0 aromatic rings. The Morgan fingerprint density at radius 1 is 1.44 bits per heavy atom. The molecule has 4 nitrogen and oxygen atoms in total. The first-order chi connectivity index (χ1) is 7.70. The lowest BCUT2D eigenvalue weighted by atomic mass is 9.96. The van der Waals surface area contributed by atoms with Crippen molar-refractivity contribution in [3.63, 3.8) is 0 Å². The molecule has 4 heteroatoms. The third-order valence-electron chi connectivity index (χ3n) is 4.05. The number of likely N-dealkylation sites (N-methyl/N-ethyl adjacent to an activating group) is 1. The number of carboxylic acid groups (broad SMARTS) is 1. The summed E-state index contributed by atoms with van der Waals surface area (Å²) in [5, 5.41) is 8.88. The molecule has 2 rings (SSSR count). The van der Waals surface area contributed by atoms with Crippen molar-refractivity contribution >= 4 is 5.97 Å². The quantitative estimate of drug-likeness (QED) is 0.777. The van der Waals surface area contributed by atoms with Crippen LogP contribution in [0.25, 0.3) is 0 Å². The van der Waals surface area contributed by atoms with E-state index in [9.17, 15) is 4.79 Å². The van der Waals surface area contributed by atoms with Crippen LogP contribution in [0.3, 0.4) is 0 Å². The van der Waals surface area contributed by atoms with Gasteiger partial charge in [0.1, 0.15) is 0 Å². The largest absolute Gasteiger partial charge is 0.480 e. The first-order valence-electron chi connectivity index (χ1n) is 6.40. The second-order valence-electron chi connectivity index (χ2n) is 4.97. The molecule has 0 aliphatic carbocycles. The van der Waals surface area contributed by atoms with Gasteiger partial charge in [0.2, 0.25) is 0 Å². The Balaban J connectivity index is 1.91. The topological polar surface area (TPSA) is 43.8 Å². The van der Waals surface area contributed by atoms with Gasteiger partial charge in [-0.1, -0.05) is 6.92 Å². The van der Waals surface area contributed by atoms with Gasteiger partial charge in [-0.15, -0.1) is 0 Å². The summed E-state index contributed by atoms with van der Waals surface area (Å²) >= 11 is 0. The van der Waals surface area contributed by atoms with E-state index in [1.54, 1.807) is 0 Å². The van der Waals surface area contributed by atoms with Crippen LogP contribution in [-0.4, -0.2) is 59.1 Å². The van der Waals surface area contributed by atoms with Crippen LogP contribution in [-0.2, 0) is 4.79 Å². The average Bonchev–Trinajstić information content (AvgIpc) is 2.72. The molecular weight excluding hydrogens is 204 g/mol. The van der Waals surface area contributed by atoms with Crippen molar-refractivity contribution in [1.82, 2.24) is 9.80 Å². The summed E-state index contributed by atoms with van der Waals surface area (Å²) in [6, 6.07) is 1.21. The van der Waals surface area contributed by atoms with Crippen LogP contribution < -0.4 is 0 Å². The Morgan fingerprint density at radius 2 is 2.25 bits per heavy atom. The van der Waals surface area contributed by atoms with Gasteiger partial charge < -0.3 is 10.0 Å². The van der Waals surface area contributed by atoms with Crippen molar-refractivity contribution in [1.29, 1.82) is 0 Å². The van der Waals surface area contributed by atoms with Crippen molar-refractivity contribution in [2.45, 2.75) is 44.7 Å². The van der Waals surface area contributed by atoms with Gasteiger partial charge >= 0.3 is 5.97 Å². The van der Waals surface area contributed by atoms with E-state index in [-0.39, 0.29) is 6.54 Å². The number of hydrogen-bond donors (Lipinski definition) is 1. The zero-order chi connectivity index (χ0) is 11.5. The number of carbonyl (C=O) groups is 1. The maximum atomic E-state index is 10.8. The first-order valence-corrected chi connectivity index (χ1v) is 6.40.